The van der Waals surface area contributed by atoms with Crippen LogP contribution in [0.25, 0.3) is 15.5 Å². The van der Waals surface area contributed by atoms with Crippen LogP contribution in [-0.4, -0.2) is 21.6 Å². The Morgan fingerprint density at radius 3 is 3.00 bits per heavy atom. The summed E-state index contributed by atoms with van der Waals surface area (Å²) in [5, 5.41) is 9.39. The molecule has 3 aromatic heterocycles. The van der Waals surface area contributed by atoms with E-state index < -0.39 is 0 Å². The van der Waals surface area contributed by atoms with Crippen LogP contribution in [0.3, 0.4) is 0 Å². The largest absolute Gasteiger partial charge is 0.356 e. The van der Waals surface area contributed by atoms with Gasteiger partial charge in [0.05, 0.1) is 14.4 Å². The number of anilines is 1. The lowest BCUT2D eigenvalue weighted by Gasteiger charge is -1.92. The monoisotopic (exact) mass is 314 g/mol. The lowest BCUT2D eigenvalue weighted by Crippen LogP contribution is -1.91. The van der Waals surface area contributed by atoms with Crippen molar-refractivity contribution in [1.29, 1.82) is 0 Å². The van der Waals surface area contributed by atoms with Gasteiger partial charge < -0.3 is 5.32 Å². The average Bonchev–Trinajstić information content (AvgIpc) is 2.91. The second-order valence-electron chi connectivity index (χ2n) is 3.10. The number of fused-ring (bicyclic) bond motifs is 1. The minimum atomic E-state index is 0.656. The van der Waals surface area contributed by atoms with E-state index in [1.165, 1.54) is 4.88 Å². The SMILES string of the molecule is CNc1nc2scc(-c3ccc(Br)s3)n2n1. The minimum absolute atomic E-state index is 0.656. The number of aromatic nitrogens is 3. The highest BCUT2D eigenvalue weighted by Crippen LogP contribution is 2.33. The number of thiophene rings is 1. The molecule has 0 saturated heterocycles. The Balaban J connectivity index is 2.19. The maximum atomic E-state index is 4.37. The Labute approximate surface area is 108 Å². The maximum Gasteiger partial charge on any atom is 0.243 e. The first-order valence-corrected chi connectivity index (χ1v) is 7.04. The van der Waals surface area contributed by atoms with Crippen LogP contribution in [0.15, 0.2) is 21.3 Å². The first-order chi connectivity index (χ1) is 7.78. The van der Waals surface area contributed by atoms with Gasteiger partial charge in [-0.3, -0.25) is 0 Å². The van der Waals surface area contributed by atoms with Crippen LogP contribution in [0.2, 0.25) is 0 Å². The molecule has 0 aliphatic rings. The summed E-state index contributed by atoms with van der Waals surface area (Å²) in [4.78, 5) is 6.43. The van der Waals surface area contributed by atoms with Gasteiger partial charge in [-0.05, 0) is 28.1 Å². The van der Waals surface area contributed by atoms with Crippen LogP contribution in [-0.2, 0) is 0 Å². The van der Waals surface area contributed by atoms with Gasteiger partial charge in [-0.2, -0.15) is 4.98 Å². The highest BCUT2D eigenvalue weighted by Gasteiger charge is 2.11. The lowest BCUT2D eigenvalue weighted by atomic mass is 10.4. The van der Waals surface area contributed by atoms with E-state index in [1.54, 1.807) is 22.7 Å². The van der Waals surface area contributed by atoms with E-state index in [0.717, 1.165) is 14.4 Å². The van der Waals surface area contributed by atoms with Gasteiger partial charge in [-0.15, -0.1) is 27.8 Å². The minimum Gasteiger partial charge on any atom is -0.356 e. The Bertz CT molecular complexity index is 639. The van der Waals surface area contributed by atoms with E-state index in [2.05, 4.69) is 42.8 Å². The van der Waals surface area contributed by atoms with Crippen LogP contribution < -0.4 is 5.32 Å². The molecule has 3 heterocycles. The molecule has 0 radical (unpaired) electrons. The molecule has 16 heavy (non-hydrogen) atoms. The summed E-state index contributed by atoms with van der Waals surface area (Å²) in [5.74, 6) is 0.656. The van der Waals surface area contributed by atoms with Gasteiger partial charge in [0.15, 0.2) is 0 Å². The van der Waals surface area contributed by atoms with Crippen molar-refractivity contribution in [3.05, 3.63) is 21.3 Å². The van der Waals surface area contributed by atoms with Crippen molar-refractivity contribution in [3.8, 4) is 10.6 Å². The molecule has 0 unspecified atom stereocenters. The average molecular weight is 315 g/mol. The Morgan fingerprint density at radius 1 is 1.44 bits per heavy atom. The first-order valence-electron chi connectivity index (χ1n) is 4.55. The molecule has 4 nitrogen and oxygen atoms in total. The standard InChI is InChI=1S/C9H7BrN4S2/c1-11-8-12-9-14(13-8)5(4-15-9)6-2-3-7(10)16-6/h2-4H,1H3,(H,11,13). The van der Waals surface area contributed by atoms with Crippen molar-refractivity contribution in [2.24, 2.45) is 0 Å². The Hall–Kier alpha value is -0.920. The Kier molecular flexibility index (Phi) is 2.45. The molecule has 0 fully saturated rings. The van der Waals surface area contributed by atoms with Crippen molar-refractivity contribution in [2.75, 3.05) is 12.4 Å². The van der Waals surface area contributed by atoms with E-state index in [1.807, 2.05) is 17.6 Å². The van der Waals surface area contributed by atoms with Crippen LogP contribution in [0.5, 0.6) is 0 Å². The molecule has 82 valence electrons. The molecule has 0 spiro atoms. The molecule has 0 atom stereocenters. The first kappa shape index (κ1) is 10.2. The van der Waals surface area contributed by atoms with Gasteiger partial charge in [0, 0.05) is 12.4 Å². The van der Waals surface area contributed by atoms with Gasteiger partial charge in [0.2, 0.25) is 10.9 Å². The molecule has 0 aliphatic carbocycles. The number of nitrogens with zero attached hydrogens (tertiary/aromatic N) is 3. The smallest absolute Gasteiger partial charge is 0.243 e. The normalized spacial score (nSPS) is 11.1. The summed E-state index contributed by atoms with van der Waals surface area (Å²) in [6, 6.07) is 4.12. The summed E-state index contributed by atoms with van der Waals surface area (Å²) in [5.41, 5.74) is 1.09. The molecular weight excluding hydrogens is 308 g/mol. The number of nitrogens with one attached hydrogen (secondary N) is 1. The van der Waals surface area contributed by atoms with E-state index in [-0.39, 0.29) is 0 Å². The third-order valence-corrected chi connectivity index (χ3v) is 4.59. The topological polar surface area (TPSA) is 42.2 Å². The van der Waals surface area contributed by atoms with Crippen LogP contribution >= 0.6 is 38.6 Å². The van der Waals surface area contributed by atoms with Gasteiger partial charge in [0.25, 0.3) is 0 Å². The summed E-state index contributed by atoms with van der Waals surface area (Å²) in [6.45, 7) is 0. The van der Waals surface area contributed by atoms with E-state index in [4.69, 9.17) is 0 Å². The van der Waals surface area contributed by atoms with Crippen molar-refractivity contribution < 1.29 is 0 Å². The number of hydrogen-bond acceptors (Lipinski definition) is 5. The van der Waals surface area contributed by atoms with Gasteiger partial charge in [0.1, 0.15) is 0 Å². The molecule has 0 amide bonds. The lowest BCUT2D eigenvalue weighted by molar-refractivity contribution is 0.988. The van der Waals surface area contributed by atoms with Crippen molar-refractivity contribution in [3.63, 3.8) is 0 Å². The number of thiazole rings is 1. The van der Waals surface area contributed by atoms with Crippen molar-refractivity contribution in [2.45, 2.75) is 0 Å². The molecule has 0 saturated carbocycles. The van der Waals surface area contributed by atoms with Crippen molar-refractivity contribution in [1.82, 2.24) is 14.6 Å². The highest BCUT2D eigenvalue weighted by molar-refractivity contribution is 9.11. The van der Waals surface area contributed by atoms with Gasteiger partial charge in [-0.25, -0.2) is 4.52 Å². The number of hydrogen-bond donors (Lipinski definition) is 1. The zero-order valence-corrected chi connectivity index (χ0v) is 11.5. The molecule has 0 aromatic carbocycles. The van der Waals surface area contributed by atoms with E-state index >= 15 is 0 Å². The summed E-state index contributed by atoms with van der Waals surface area (Å²) < 4.78 is 2.99. The molecule has 3 rings (SSSR count). The maximum absolute atomic E-state index is 4.37. The summed E-state index contributed by atoms with van der Waals surface area (Å²) in [6.07, 6.45) is 0. The molecule has 3 aromatic rings. The molecule has 0 bridgehead atoms. The predicted molar refractivity (Wildman–Crippen MR) is 71.4 cm³/mol. The quantitative estimate of drug-likeness (QED) is 0.789. The molecule has 7 heteroatoms. The van der Waals surface area contributed by atoms with Crippen LogP contribution in [0, 0.1) is 0 Å². The fraction of sp³-hybridized carbons (Fsp3) is 0.111. The number of halogens is 1. The van der Waals surface area contributed by atoms with Crippen LogP contribution in [0.4, 0.5) is 5.95 Å². The molecule has 0 aliphatic heterocycles. The third-order valence-electron chi connectivity index (χ3n) is 2.13. The molecule has 1 N–H and O–H groups in total. The zero-order valence-electron chi connectivity index (χ0n) is 8.27. The third kappa shape index (κ3) is 1.55. The second-order valence-corrected chi connectivity index (χ2v) is 6.40. The fourth-order valence-electron chi connectivity index (χ4n) is 1.41. The van der Waals surface area contributed by atoms with Crippen LogP contribution in [0.1, 0.15) is 0 Å². The van der Waals surface area contributed by atoms with E-state index in [9.17, 15) is 0 Å². The summed E-state index contributed by atoms with van der Waals surface area (Å²) in [7, 11) is 1.82. The Morgan fingerprint density at radius 2 is 2.31 bits per heavy atom. The van der Waals surface area contributed by atoms with Crippen molar-refractivity contribution >= 4 is 49.5 Å². The number of rotatable bonds is 2. The van der Waals surface area contributed by atoms with Gasteiger partial charge in [-0.1, -0.05) is 0 Å². The highest BCUT2D eigenvalue weighted by atomic mass is 79.9. The fourth-order valence-corrected chi connectivity index (χ4v) is 3.69. The zero-order chi connectivity index (χ0) is 11.1. The summed E-state index contributed by atoms with van der Waals surface area (Å²) >= 11 is 6.75. The predicted octanol–water partition coefficient (Wildman–Crippen LogP) is 3.32. The van der Waals surface area contributed by atoms with Gasteiger partial charge >= 0.3 is 0 Å². The second kappa shape index (κ2) is 3.83. The molecular formula is C9H7BrN4S2. The van der Waals surface area contributed by atoms with E-state index in [0.29, 0.717) is 5.95 Å².